The second-order valence-electron chi connectivity index (χ2n) is 6.44. The molecule has 0 amide bonds. The maximum absolute atomic E-state index is 11.4. The topological polar surface area (TPSA) is 70.6 Å². The van der Waals surface area contributed by atoms with Crippen LogP contribution in [0, 0.1) is 11.8 Å². The summed E-state index contributed by atoms with van der Waals surface area (Å²) in [5, 5.41) is 6.58. The van der Waals surface area contributed by atoms with Crippen LogP contribution in [0.25, 0.3) is 0 Å². The van der Waals surface area contributed by atoms with Crippen LogP contribution in [0.3, 0.4) is 0 Å². The summed E-state index contributed by atoms with van der Waals surface area (Å²) in [6, 6.07) is 0. The lowest BCUT2D eigenvalue weighted by Crippen LogP contribution is -2.40. The third-order valence-corrected chi connectivity index (χ3v) is 6.50. The molecule has 0 aromatic heterocycles. The predicted octanol–water partition coefficient (Wildman–Crippen LogP) is 1.56. The smallest absolute Gasteiger partial charge is 0.190 e. The first-order valence-electron chi connectivity index (χ1n) is 8.24. The Kier molecular flexibility index (Phi) is 6.33. The zero-order chi connectivity index (χ0) is 15.1. The summed E-state index contributed by atoms with van der Waals surface area (Å²) < 4.78 is 22.8. The van der Waals surface area contributed by atoms with Crippen molar-refractivity contribution in [3.63, 3.8) is 0 Å². The summed E-state index contributed by atoms with van der Waals surface area (Å²) in [6.45, 7) is 1.64. The second-order valence-corrected chi connectivity index (χ2v) is 8.67. The second kappa shape index (κ2) is 8.01. The van der Waals surface area contributed by atoms with E-state index in [4.69, 9.17) is 0 Å². The monoisotopic (exact) mass is 315 g/mol. The van der Waals surface area contributed by atoms with Gasteiger partial charge in [-0.15, -0.1) is 0 Å². The van der Waals surface area contributed by atoms with Gasteiger partial charge in [-0.2, -0.15) is 0 Å². The van der Waals surface area contributed by atoms with Gasteiger partial charge in [0.05, 0.1) is 11.5 Å². The largest absolute Gasteiger partial charge is 0.356 e. The normalized spacial score (nSPS) is 26.1. The third kappa shape index (κ3) is 5.85. The molecule has 21 heavy (non-hydrogen) atoms. The molecule has 2 fully saturated rings. The molecule has 1 aliphatic carbocycles. The van der Waals surface area contributed by atoms with Crippen molar-refractivity contribution < 1.29 is 8.42 Å². The summed E-state index contributed by atoms with van der Waals surface area (Å²) in [6.07, 6.45) is 8.89. The molecule has 0 aromatic rings. The van der Waals surface area contributed by atoms with Gasteiger partial charge in [-0.3, -0.25) is 4.99 Å². The van der Waals surface area contributed by atoms with Gasteiger partial charge in [0.15, 0.2) is 15.8 Å². The lowest BCUT2D eigenvalue weighted by atomic mass is 10.0. The first-order chi connectivity index (χ1) is 10.1. The van der Waals surface area contributed by atoms with Crippen molar-refractivity contribution in [1.82, 2.24) is 10.6 Å². The molecule has 2 N–H and O–H groups in total. The molecular formula is C15H29N3O2S. The molecule has 2 aliphatic rings. The molecule has 6 heteroatoms. The van der Waals surface area contributed by atoms with Gasteiger partial charge in [0.1, 0.15) is 0 Å². The fourth-order valence-electron chi connectivity index (χ4n) is 3.39. The maximum atomic E-state index is 11.4. The summed E-state index contributed by atoms with van der Waals surface area (Å²) >= 11 is 0. The number of hydrogen-bond donors (Lipinski definition) is 2. The van der Waals surface area contributed by atoms with Crippen LogP contribution in [-0.2, 0) is 9.84 Å². The Morgan fingerprint density at radius 1 is 1.14 bits per heavy atom. The number of guanidine groups is 1. The fourth-order valence-corrected chi connectivity index (χ4v) is 5.25. The Hall–Kier alpha value is -0.780. The highest BCUT2D eigenvalue weighted by molar-refractivity contribution is 7.91. The van der Waals surface area contributed by atoms with Gasteiger partial charge < -0.3 is 10.6 Å². The first kappa shape index (κ1) is 16.6. The summed E-state index contributed by atoms with van der Waals surface area (Å²) in [4.78, 5) is 4.20. The van der Waals surface area contributed by atoms with E-state index in [0.29, 0.717) is 18.1 Å². The van der Waals surface area contributed by atoms with Crippen LogP contribution in [0.5, 0.6) is 0 Å². The molecule has 1 heterocycles. The maximum Gasteiger partial charge on any atom is 0.190 e. The van der Waals surface area contributed by atoms with E-state index < -0.39 is 9.84 Å². The van der Waals surface area contributed by atoms with Gasteiger partial charge in [0, 0.05) is 20.1 Å². The molecule has 1 aliphatic heterocycles. The quantitative estimate of drug-likeness (QED) is 0.443. The number of nitrogens with one attached hydrogen (secondary N) is 2. The highest BCUT2D eigenvalue weighted by Crippen LogP contribution is 2.28. The molecular weight excluding hydrogens is 286 g/mol. The molecule has 1 saturated carbocycles. The molecule has 0 aromatic carbocycles. The average Bonchev–Trinajstić information content (AvgIpc) is 3.07. The summed E-state index contributed by atoms with van der Waals surface area (Å²) in [7, 11) is -1.02. The zero-order valence-electron chi connectivity index (χ0n) is 13.1. The Morgan fingerprint density at radius 3 is 2.52 bits per heavy atom. The Morgan fingerprint density at radius 2 is 1.90 bits per heavy atom. The third-order valence-electron chi connectivity index (χ3n) is 4.66. The van der Waals surface area contributed by atoms with E-state index in [1.807, 2.05) is 0 Å². The Labute approximate surface area is 128 Å². The first-order valence-corrected chi connectivity index (χ1v) is 10.1. The van der Waals surface area contributed by atoms with E-state index in [2.05, 4.69) is 15.6 Å². The zero-order valence-corrected chi connectivity index (χ0v) is 13.9. The molecule has 1 unspecified atom stereocenters. The molecule has 1 saturated heterocycles. The van der Waals surface area contributed by atoms with Crippen LogP contribution in [0.2, 0.25) is 0 Å². The van der Waals surface area contributed by atoms with Crippen LogP contribution in [0.4, 0.5) is 0 Å². The highest BCUT2D eigenvalue weighted by atomic mass is 32.2. The standard InChI is InChI=1S/C15H29N3O2S/c1-16-15(17-9-4-7-13-5-2-3-6-13)18-11-14-8-10-21(19,20)12-14/h13-14H,2-12H2,1H3,(H2,16,17,18). The van der Waals surface area contributed by atoms with E-state index in [1.54, 1.807) is 7.05 Å². The van der Waals surface area contributed by atoms with Crippen LogP contribution in [0.1, 0.15) is 44.9 Å². The van der Waals surface area contributed by atoms with E-state index in [-0.39, 0.29) is 5.92 Å². The molecule has 122 valence electrons. The number of nitrogens with zero attached hydrogens (tertiary/aromatic N) is 1. The van der Waals surface area contributed by atoms with Crippen molar-refractivity contribution in [3.05, 3.63) is 0 Å². The lowest BCUT2D eigenvalue weighted by molar-refractivity contribution is 0.480. The van der Waals surface area contributed by atoms with E-state index in [9.17, 15) is 8.42 Å². The number of rotatable bonds is 6. The van der Waals surface area contributed by atoms with E-state index >= 15 is 0 Å². The van der Waals surface area contributed by atoms with Crippen molar-refractivity contribution in [1.29, 1.82) is 0 Å². The molecule has 0 spiro atoms. The minimum Gasteiger partial charge on any atom is -0.356 e. The van der Waals surface area contributed by atoms with Crippen molar-refractivity contribution in [2.75, 3.05) is 31.6 Å². The van der Waals surface area contributed by atoms with Crippen molar-refractivity contribution >= 4 is 15.8 Å². The van der Waals surface area contributed by atoms with Crippen LogP contribution < -0.4 is 10.6 Å². The minimum absolute atomic E-state index is 0.229. The van der Waals surface area contributed by atoms with Gasteiger partial charge in [-0.25, -0.2) is 8.42 Å². The SMILES string of the molecule is CN=C(NCCCC1CCCC1)NCC1CCS(=O)(=O)C1. The van der Waals surface area contributed by atoms with Gasteiger partial charge in [0.2, 0.25) is 0 Å². The van der Waals surface area contributed by atoms with Crippen molar-refractivity contribution in [3.8, 4) is 0 Å². The lowest BCUT2D eigenvalue weighted by Gasteiger charge is -2.15. The number of sulfone groups is 1. The number of hydrogen-bond acceptors (Lipinski definition) is 3. The number of aliphatic imine (C=N–C) groups is 1. The Bertz CT molecular complexity index is 442. The van der Waals surface area contributed by atoms with E-state index in [1.165, 1.54) is 38.5 Å². The van der Waals surface area contributed by atoms with Crippen LogP contribution in [-0.4, -0.2) is 46.0 Å². The average molecular weight is 315 g/mol. The molecule has 2 rings (SSSR count). The van der Waals surface area contributed by atoms with E-state index in [0.717, 1.165) is 24.8 Å². The van der Waals surface area contributed by atoms with Gasteiger partial charge in [-0.05, 0) is 31.1 Å². The summed E-state index contributed by atoms with van der Waals surface area (Å²) in [5.74, 6) is 2.62. The van der Waals surface area contributed by atoms with Crippen LogP contribution in [0.15, 0.2) is 4.99 Å². The summed E-state index contributed by atoms with van der Waals surface area (Å²) in [5.41, 5.74) is 0. The molecule has 1 atom stereocenters. The highest BCUT2D eigenvalue weighted by Gasteiger charge is 2.27. The van der Waals surface area contributed by atoms with Crippen molar-refractivity contribution in [2.24, 2.45) is 16.8 Å². The van der Waals surface area contributed by atoms with Gasteiger partial charge in [0.25, 0.3) is 0 Å². The van der Waals surface area contributed by atoms with Crippen molar-refractivity contribution in [2.45, 2.75) is 44.9 Å². The molecule has 0 bridgehead atoms. The van der Waals surface area contributed by atoms with Gasteiger partial charge in [-0.1, -0.05) is 25.7 Å². The molecule has 5 nitrogen and oxygen atoms in total. The minimum atomic E-state index is -2.78. The van der Waals surface area contributed by atoms with Gasteiger partial charge >= 0.3 is 0 Å². The predicted molar refractivity (Wildman–Crippen MR) is 87.3 cm³/mol. The van der Waals surface area contributed by atoms with Crippen LogP contribution >= 0.6 is 0 Å². The fraction of sp³-hybridized carbons (Fsp3) is 0.933. The molecule has 0 radical (unpaired) electrons. The Balaban J connectivity index is 1.57.